The molecule has 2 aromatic rings. The van der Waals surface area contributed by atoms with Gasteiger partial charge >= 0.3 is 0 Å². The Kier molecular flexibility index (Phi) is 8.22. The SMILES string of the molecule is COc1cc(C)c(S(=O)(=O)N=CNN2CCC(C[C@H](N)C(=O)c3nccs3)CC2)c(C)c1C. The highest BCUT2D eigenvalue weighted by Crippen LogP contribution is 2.31. The molecule has 0 radical (unpaired) electrons. The summed E-state index contributed by atoms with van der Waals surface area (Å²) in [5.74, 6) is 0.874. The number of benzene rings is 1. The van der Waals surface area contributed by atoms with Crippen molar-refractivity contribution in [3.63, 3.8) is 0 Å². The maximum Gasteiger partial charge on any atom is 0.284 e. The number of nitrogens with one attached hydrogen (secondary N) is 1. The van der Waals surface area contributed by atoms with Gasteiger partial charge in [-0.25, -0.2) is 9.99 Å². The van der Waals surface area contributed by atoms with Gasteiger partial charge in [-0.1, -0.05) is 0 Å². The van der Waals surface area contributed by atoms with Gasteiger partial charge in [0.25, 0.3) is 10.0 Å². The van der Waals surface area contributed by atoms with Crippen molar-refractivity contribution in [2.75, 3.05) is 20.2 Å². The van der Waals surface area contributed by atoms with E-state index in [1.807, 2.05) is 11.9 Å². The number of Topliss-reactive ketones (excluding diaryl/α,β-unsaturated/α-hetero) is 1. The Bertz CT molecular complexity index is 1110. The van der Waals surface area contributed by atoms with Gasteiger partial charge in [-0.2, -0.15) is 8.42 Å². The van der Waals surface area contributed by atoms with Crippen molar-refractivity contribution in [1.29, 1.82) is 0 Å². The van der Waals surface area contributed by atoms with Crippen LogP contribution in [0.3, 0.4) is 0 Å². The van der Waals surface area contributed by atoms with Crippen LogP contribution < -0.4 is 15.9 Å². The van der Waals surface area contributed by atoms with Gasteiger partial charge in [-0.15, -0.1) is 15.7 Å². The van der Waals surface area contributed by atoms with Crippen molar-refractivity contribution in [2.24, 2.45) is 16.0 Å². The number of hydrogen-bond acceptors (Lipinski definition) is 8. The van der Waals surface area contributed by atoms with E-state index < -0.39 is 16.1 Å². The first kappa shape index (κ1) is 25.3. The van der Waals surface area contributed by atoms with Gasteiger partial charge in [0.2, 0.25) is 5.78 Å². The van der Waals surface area contributed by atoms with E-state index in [1.54, 1.807) is 38.6 Å². The van der Waals surface area contributed by atoms with Gasteiger partial charge in [0.1, 0.15) is 12.1 Å². The molecule has 0 unspecified atom stereocenters. The molecule has 1 saturated heterocycles. The molecule has 0 aliphatic carbocycles. The molecular formula is C22H31N5O4S2. The van der Waals surface area contributed by atoms with E-state index >= 15 is 0 Å². The van der Waals surface area contributed by atoms with Crippen LogP contribution in [-0.4, -0.2) is 56.8 Å². The molecule has 11 heteroatoms. The topological polar surface area (TPSA) is 127 Å². The smallest absolute Gasteiger partial charge is 0.284 e. The Morgan fingerprint density at radius 1 is 1.36 bits per heavy atom. The third-order valence-electron chi connectivity index (χ3n) is 6.07. The minimum absolute atomic E-state index is 0.109. The first-order valence-electron chi connectivity index (χ1n) is 10.8. The lowest BCUT2D eigenvalue weighted by atomic mass is 9.90. The second kappa shape index (κ2) is 10.7. The van der Waals surface area contributed by atoms with Crippen molar-refractivity contribution in [2.45, 2.75) is 51.0 Å². The Hall–Kier alpha value is -2.34. The van der Waals surface area contributed by atoms with Crippen molar-refractivity contribution < 1.29 is 17.9 Å². The van der Waals surface area contributed by atoms with Crippen molar-refractivity contribution in [3.8, 4) is 5.75 Å². The summed E-state index contributed by atoms with van der Waals surface area (Å²) < 4.78 is 34.9. The average molecular weight is 494 g/mol. The summed E-state index contributed by atoms with van der Waals surface area (Å²) >= 11 is 1.31. The van der Waals surface area contributed by atoms with E-state index in [9.17, 15) is 13.2 Å². The molecular weight excluding hydrogens is 462 g/mol. The molecule has 0 saturated carbocycles. The number of thiazole rings is 1. The number of nitrogens with two attached hydrogens (primary N) is 1. The van der Waals surface area contributed by atoms with Crippen LogP contribution in [-0.2, 0) is 10.0 Å². The van der Waals surface area contributed by atoms with Crippen LogP contribution in [0.25, 0.3) is 0 Å². The molecule has 1 aromatic carbocycles. The zero-order chi connectivity index (χ0) is 24.2. The summed E-state index contributed by atoms with van der Waals surface area (Å²) in [6.45, 7) is 6.73. The van der Waals surface area contributed by atoms with Crippen molar-refractivity contribution >= 4 is 33.5 Å². The number of carbonyl (C=O) groups is 1. The normalized spacial score (nSPS) is 16.8. The van der Waals surface area contributed by atoms with Crippen molar-refractivity contribution in [3.05, 3.63) is 39.3 Å². The van der Waals surface area contributed by atoms with Gasteiger partial charge < -0.3 is 15.9 Å². The lowest BCUT2D eigenvalue weighted by Crippen LogP contribution is -2.44. The van der Waals surface area contributed by atoms with E-state index in [1.165, 1.54) is 17.7 Å². The number of rotatable bonds is 9. The number of hydrogen-bond donors (Lipinski definition) is 2. The number of piperidine rings is 1. The number of methoxy groups -OCH3 is 1. The lowest BCUT2D eigenvalue weighted by molar-refractivity contribution is 0.0927. The number of sulfonamides is 1. The predicted molar refractivity (Wildman–Crippen MR) is 129 cm³/mol. The summed E-state index contributed by atoms with van der Waals surface area (Å²) in [5, 5.41) is 4.14. The van der Waals surface area contributed by atoms with Crippen LogP contribution in [0, 0.1) is 26.7 Å². The molecule has 1 aromatic heterocycles. The number of ether oxygens (including phenoxy) is 1. The number of carbonyl (C=O) groups excluding carboxylic acids is 1. The zero-order valence-corrected chi connectivity index (χ0v) is 21.0. The Morgan fingerprint density at radius 3 is 2.67 bits per heavy atom. The largest absolute Gasteiger partial charge is 0.496 e. The molecule has 180 valence electrons. The quantitative estimate of drug-likeness (QED) is 0.310. The molecule has 1 aliphatic rings. The van der Waals surface area contributed by atoms with Crippen LogP contribution in [0.15, 0.2) is 26.9 Å². The molecule has 2 heterocycles. The van der Waals surface area contributed by atoms with Gasteiger partial charge in [0.15, 0.2) is 5.01 Å². The highest BCUT2D eigenvalue weighted by atomic mass is 32.2. The maximum atomic E-state index is 12.9. The van der Waals surface area contributed by atoms with Gasteiger partial charge in [-0.3, -0.25) is 4.79 Å². The fourth-order valence-corrected chi connectivity index (χ4v) is 6.06. The van der Waals surface area contributed by atoms with Crippen LogP contribution >= 0.6 is 11.3 Å². The summed E-state index contributed by atoms with van der Waals surface area (Å²) in [4.78, 5) is 16.6. The van der Waals surface area contributed by atoms with Crippen LogP contribution in [0.4, 0.5) is 0 Å². The Balaban J connectivity index is 1.54. The van der Waals surface area contributed by atoms with Crippen LogP contribution in [0.1, 0.15) is 45.8 Å². The molecule has 1 fully saturated rings. The second-order valence-corrected chi connectivity index (χ2v) is 10.8. The summed E-state index contributed by atoms with van der Waals surface area (Å²) in [7, 11) is -2.30. The Labute approximate surface area is 199 Å². The highest BCUT2D eigenvalue weighted by Gasteiger charge is 2.26. The predicted octanol–water partition coefficient (Wildman–Crippen LogP) is 2.61. The molecule has 9 nitrogen and oxygen atoms in total. The molecule has 1 atom stereocenters. The van der Waals surface area contributed by atoms with Crippen molar-refractivity contribution in [1.82, 2.24) is 15.4 Å². The van der Waals surface area contributed by atoms with E-state index in [2.05, 4.69) is 14.8 Å². The summed E-state index contributed by atoms with van der Waals surface area (Å²) in [6, 6.07) is 1.17. The third-order valence-corrected chi connectivity index (χ3v) is 8.38. The molecule has 1 aliphatic heterocycles. The first-order valence-corrected chi connectivity index (χ1v) is 13.1. The fraction of sp³-hybridized carbons (Fsp3) is 0.500. The van der Waals surface area contributed by atoms with E-state index in [0.29, 0.717) is 47.3 Å². The van der Waals surface area contributed by atoms with Gasteiger partial charge in [0.05, 0.1) is 18.0 Å². The van der Waals surface area contributed by atoms with E-state index in [0.717, 1.165) is 18.4 Å². The fourth-order valence-electron chi connectivity index (χ4n) is 4.13. The number of hydrazine groups is 1. The molecule has 0 spiro atoms. The minimum Gasteiger partial charge on any atom is -0.496 e. The zero-order valence-electron chi connectivity index (χ0n) is 19.4. The third kappa shape index (κ3) is 5.97. The molecule has 3 rings (SSSR count). The van der Waals surface area contributed by atoms with Gasteiger partial charge in [0, 0.05) is 24.7 Å². The minimum atomic E-state index is -3.86. The number of aromatic nitrogens is 1. The number of aryl methyl sites for hydroxylation is 1. The molecule has 0 amide bonds. The lowest BCUT2D eigenvalue weighted by Gasteiger charge is -2.32. The number of nitrogens with zero attached hydrogens (tertiary/aromatic N) is 3. The second-order valence-electron chi connectivity index (χ2n) is 8.29. The van der Waals surface area contributed by atoms with Crippen LogP contribution in [0.2, 0.25) is 0 Å². The maximum absolute atomic E-state index is 12.9. The van der Waals surface area contributed by atoms with E-state index in [-0.39, 0.29) is 10.7 Å². The van der Waals surface area contributed by atoms with Gasteiger partial charge in [-0.05, 0) is 68.7 Å². The summed E-state index contributed by atoms with van der Waals surface area (Å²) in [5.41, 5.74) is 11.1. The van der Waals surface area contributed by atoms with E-state index in [4.69, 9.17) is 10.5 Å². The highest BCUT2D eigenvalue weighted by molar-refractivity contribution is 7.90. The molecule has 3 N–H and O–H groups in total. The number of ketones is 1. The Morgan fingerprint density at radius 2 is 2.06 bits per heavy atom. The first-order chi connectivity index (χ1) is 15.6. The standard InChI is InChI=1S/C22H31N5O4S2/c1-14-11-19(31-4)15(2)16(3)21(14)33(29,30)26-13-25-27-8-5-17(6-9-27)12-18(23)20(28)22-24-7-10-32-22/h7,10-11,13,17-18H,5-6,8-9,12,23H2,1-4H3,(H,25,26)/t18-/m0/s1. The summed E-state index contributed by atoms with van der Waals surface area (Å²) in [6.07, 6.45) is 5.15. The van der Waals surface area contributed by atoms with Crippen LogP contribution in [0.5, 0.6) is 5.75 Å². The monoisotopic (exact) mass is 493 g/mol. The molecule has 0 bridgehead atoms. The molecule has 33 heavy (non-hydrogen) atoms. The average Bonchev–Trinajstić information content (AvgIpc) is 3.31.